The molecule has 2 heterocycles. The largest absolute Gasteiger partial charge is 0.208 e. The van der Waals surface area contributed by atoms with Gasteiger partial charge < -0.3 is 0 Å². The minimum Gasteiger partial charge on any atom is -0.208 e. The molecule has 7 aromatic rings. The molecule has 0 atom stereocenters. The van der Waals surface area contributed by atoms with Crippen LogP contribution in [-0.4, -0.2) is 23.0 Å². The molecule has 0 saturated heterocycles. The number of hydrogen-bond acceptors (Lipinski definition) is 3. The number of fused-ring (bicyclic) bond motifs is 3. The van der Waals surface area contributed by atoms with E-state index in [1.54, 1.807) is 0 Å². The van der Waals surface area contributed by atoms with E-state index in [0.717, 1.165) is 22.3 Å². The maximum Gasteiger partial charge on any atom is 0.164 e. The molecule has 0 amide bonds. The topological polar surface area (TPSA) is 38.7 Å². The van der Waals surface area contributed by atoms with E-state index in [0.29, 0.717) is 17.5 Å². The number of hydrogen-bond donors (Lipinski definition) is 0. The van der Waals surface area contributed by atoms with Gasteiger partial charge in [-0.15, -0.1) is 0 Å². The van der Waals surface area contributed by atoms with E-state index >= 15 is 0 Å². The summed E-state index contributed by atoms with van der Waals surface area (Å²) in [5.41, 5.74) is 10.5. The molecule has 0 unspecified atom stereocenters. The van der Waals surface area contributed by atoms with Crippen LogP contribution in [-0.2, 0) is 0 Å². The Morgan fingerprint density at radius 1 is 0.333 bits per heavy atom. The third kappa shape index (κ3) is 4.90. The Hall–Kier alpha value is -5.45. The van der Waals surface area contributed by atoms with Crippen LogP contribution in [0.3, 0.4) is 0 Å². The summed E-state index contributed by atoms with van der Waals surface area (Å²) >= 11 is 0. The molecule has 0 aliphatic carbocycles. The first-order chi connectivity index (χ1) is 22.0. The van der Waals surface area contributed by atoms with Gasteiger partial charge in [-0.2, -0.15) is 0 Å². The minimum atomic E-state index is -1.74. The molecule has 0 fully saturated rings. The Labute approximate surface area is 265 Å². The number of aromatic nitrogens is 3. The van der Waals surface area contributed by atoms with Gasteiger partial charge in [0.1, 0.15) is 8.07 Å². The molecule has 6 aromatic carbocycles. The summed E-state index contributed by atoms with van der Waals surface area (Å²) < 4.78 is 0. The van der Waals surface area contributed by atoms with Crippen LogP contribution in [0.15, 0.2) is 152 Å². The summed E-state index contributed by atoms with van der Waals surface area (Å²) in [6.45, 7) is 4.92. The fraction of sp³-hybridized carbons (Fsp3) is 0.0488. The maximum absolute atomic E-state index is 4.98. The monoisotopic (exact) mass is 593 g/mol. The molecule has 1 aromatic heterocycles. The van der Waals surface area contributed by atoms with Crippen LogP contribution in [0.5, 0.6) is 0 Å². The van der Waals surface area contributed by atoms with Gasteiger partial charge in [0.2, 0.25) is 0 Å². The van der Waals surface area contributed by atoms with Gasteiger partial charge in [0.05, 0.1) is 0 Å². The molecule has 0 bridgehead atoms. The van der Waals surface area contributed by atoms with Crippen LogP contribution in [0, 0.1) is 0 Å². The van der Waals surface area contributed by atoms with Crippen LogP contribution in [0.2, 0.25) is 13.1 Å². The summed E-state index contributed by atoms with van der Waals surface area (Å²) in [6, 6.07) is 53.5. The lowest BCUT2D eigenvalue weighted by molar-refractivity contribution is 1.07. The fourth-order valence-corrected chi connectivity index (χ4v) is 9.59. The molecule has 8 rings (SSSR count). The maximum atomic E-state index is 4.98. The van der Waals surface area contributed by atoms with Crippen molar-refractivity contribution in [2.24, 2.45) is 0 Å². The number of nitrogens with zero attached hydrogens (tertiary/aromatic N) is 3. The lowest BCUT2D eigenvalue weighted by Gasteiger charge is -2.19. The van der Waals surface area contributed by atoms with Crippen molar-refractivity contribution in [3.63, 3.8) is 0 Å². The molecule has 1 aliphatic heterocycles. The SMILES string of the molecule is C[Si]1(C)c2ccccc2-c2ccc(-c3ccc(-c4nc(-c5ccccc5)nc(-c5ccc(-c6ccccc6)cc5)n4)cc3)cc21. The highest BCUT2D eigenvalue weighted by Gasteiger charge is 2.37. The van der Waals surface area contributed by atoms with Crippen LogP contribution < -0.4 is 10.4 Å². The molecule has 0 radical (unpaired) electrons. The molecule has 3 nitrogen and oxygen atoms in total. The molecule has 0 saturated carbocycles. The van der Waals surface area contributed by atoms with Gasteiger partial charge in [-0.05, 0) is 43.8 Å². The van der Waals surface area contributed by atoms with Gasteiger partial charge >= 0.3 is 0 Å². The molecule has 0 spiro atoms. The van der Waals surface area contributed by atoms with Crippen LogP contribution in [0.1, 0.15) is 0 Å². The van der Waals surface area contributed by atoms with Crippen molar-refractivity contribution in [2.75, 3.05) is 0 Å². The number of benzene rings is 6. The lowest BCUT2D eigenvalue weighted by atomic mass is 9.99. The molecule has 45 heavy (non-hydrogen) atoms. The Morgan fingerprint density at radius 3 is 1.29 bits per heavy atom. The molecular weight excluding hydrogens is 563 g/mol. The van der Waals surface area contributed by atoms with Crippen molar-refractivity contribution in [1.82, 2.24) is 15.0 Å². The zero-order chi connectivity index (χ0) is 30.4. The first-order valence-electron chi connectivity index (χ1n) is 15.4. The smallest absolute Gasteiger partial charge is 0.164 e. The van der Waals surface area contributed by atoms with Gasteiger partial charge in [-0.1, -0.05) is 165 Å². The van der Waals surface area contributed by atoms with Crippen LogP contribution in [0.4, 0.5) is 0 Å². The van der Waals surface area contributed by atoms with E-state index in [1.165, 1.54) is 38.2 Å². The van der Waals surface area contributed by atoms with E-state index < -0.39 is 8.07 Å². The van der Waals surface area contributed by atoms with Gasteiger partial charge in [0.25, 0.3) is 0 Å². The quantitative estimate of drug-likeness (QED) is 0.187. The predicted molar refractivity (Wildman–Crippen MR) is 189 cm³/mol. The predicted octanol–water partition coefficient (Wildman–Crippen LogP) is 9.01. The Bertz CT molecular complexity index is 2160. The van der Waals surface area contributed by atoms with Crippen LogP contribution in [0.25, 0.3) is 67.5 Å². The van der Waals surface area contributed by atoms with Crippen molar-refractivity contribution in [3.8, 4) is 67.5 Å². The van der Waals surface area contributed by atoms with E-state index in [-0.39, 0.29) is 0 Å². The first-order valence-corrected chi connectivity index (χ1v) is 18.4. The second-order valence-electron chi connectivity index (χ2n) is 12.1. The highest BCUT2D eigenvalue weighted by molar-refractivity contribution is 7.03. The van der Waals surface area contributed by atoms with E-state index in [2.05, 4.69) is 128 Å². The van der Waals surface area contributed by atoms with Gasteiger partial charge in [0, 0.05) is 16.7 Å². The van der Waals surface area contributed by atoms with Crippen molar-refractivity contribution in [1.29, 1.82) is 0 Å². The summed E-state index contributed by atoms with van der Waals surface area (Å²) in [5.74, 6) is 1.99. The third-order valence-electron chi connectivity index (χ3n) is 8.98. The van der Waals surface area contributed by atoms with Gasteiger partial charge in [-0.25, -0.2) is 15.0 Å². The second-order valence-corrected chi connectivity index (χ2v) is 16.5. The standard InChI is InChI=1S/C41H31N3Si/c1-45(2)37-16-10-9-15-35(37)36-26-25-34(27-38(36)45)30-19-23-33(24-20-30)41-43-39(31-13-7-4-8-14-31)42-40(44-41)32-21-17-29(18-22-32)28-11-5-3-6-12-28/h3-27H,1-2H3. The first kappa shape index (κ1) is 27.1. The highest BCUT2D eigenvalue weighted by atomic mass is 28.3. The van der Waals surface area contributed by atoms with Crippen molar-refractivity contribution in [2.45, 2.75) is 13.1 Å². The lowest BCUT2D eigenvalue weighted by Crippen LogP contribution is -2.49. The Balaban J connectivity index is 1.16. The molecule has 4 heteroatoms. The fourth-order valence-electron chi connectivity index (χ4n) is 6.49. The van der Waals surface area contributed by atoms with Gasteiger partial charge in [0.15, 0.2) is 17.5 Å². The average molecular weight is 594 g/mol. The summed E-state index contributed by atoms with van der Waals surface area (Å²) in [4.78, 5) is 14.8. The number of rotatable bonds is 5. The molecule has 1 aliphatic rings. The Morgan fingerprint density at radius 2 is 0.711 bits per heavy atom. The summed E-state index contributed by atoms with van der Waals surface area (Å²) in [6.07, 6.45) is 0. The van der Waals surface area contributed by atoms with Gasteiger partial charge in [-0.3, -0.25) is 0 Å². The zero-order valence-electron chi connectivity index (χ0n) is 25.3. The summed E-state index contributed by atoms with van der Waals surface area (Å²) in [5, 5.41) is 3.04. The highest BCUT2D eigenvalue weighted by Crippen LogP contribution is 2.32. The molecule has 214 valence electrons. The van der Waals surface area contributed by atoms with Crippen molar-refractivity contribution < 1.29 is 0 Å². The van der Waals surface area contributed by atoms with E-state index in [4.69, 9.17) is 15.0 Å². The Kier molecular flexibility index (Phi) is 6.58. The zero-order valence-corrected chi connectivity index (χ0v) is 26.3. The third-order valence-corrected chi connectivity index (χ3v) is 12.5. The van der Waals surface area contributed by atoms with Crippen LogP contribution >= 0.6 is 0 Å². The normalized spacial score (nSPS) is 12.8. The molecule has 0 N–H and O–H groups in total. The minimum absolute atomic E-state index is 0.660. The van der Waals surface area contributed by atoms with E-state index in [9.17, 15) is 0 Å². The molecular formula is C41H31N3Si. The van der Waals surface area contributed by atoms with E-state index in [1.807, 2.05) is 36.4 Å². The van der Waals surface area contributed by atoms with Crippen molar-refractivity contribution in [3.05, 3.63) is 152 Å². The second kappa shape index (κ2) is 10.9. The summed E-state index contributed by atoms with van der Waals surface area (Å²) in [7, 11) is -1.74. The average Bonchev–Trinajstić information content (AvgIpc) is 3.34. The van der Waals surface area contributed by atoms with Crippen molar-refractivity contribution >= 4 is 18.4 Å².